The average Bonchev–Trinajstić information content (AvgIpc) is 2.63. The summed E-state index contributed by atoms with van der Waals surface area (Å²) in [5.41, 5.74) is 1.09. The van der Waals surface area contributed by atoms with Gasteiger partial charge in [-0.05, 0) is 56.4 Å². The topological polar surface area (TPSA) is 49.8 Å². The maximum atomic E-state index is 12.8. The summed E-state index contributed by atoms with van der Waals surface area (Å²) in [6, 6.07) is 6.65. The number of anilines is 3. The molecule has 1 aromatic carbocycles. The summed E-state index contributed by atoms with van der Waals surface area (Å²) in [4.78, 5) is 8.47. The van der Waals surface area contributed by atoms with Crippen LogP contribution in [0.15, 0.2) is 48.2 Å². The molecule has 0 unspecified atom stereocenters. The Morgan fingerprint density at radius 2 is 2.00 bits per heavy atom. The summed E-state index contributed by atoms with van der Waals surface area (Å²) >= 11 is 0. The number of aromatic nitrogens is 2. The maximum absolute atomic E-state index is 12.8. The highest BCUT2D eigenvalue weighted by Crippen LogP contribution is 2.31. The van der Waals surface area contributed by atoms with Crippen molar-refractivity contribution in [1.29, 1.82) is 0 Å². The van der Waals surface area contributed by atoms with Crippen LogP contribution in [0.3, 0.4) is 0 Å². The monoisotopic (exact) mass is 362 g/mol. The molecule has 138 valence electrons. The quantitative estimate of drug-likeness (QED) is 0.662. The third-order valence-corrected chi connectivity index (χ3v) is 4.23. The van der Waals surface area contributed by atoms with E-state index in [4.69, 9.17) is 0 Å². The van der Waals surface area contributed by atoms with Crippen molar-refractivity contribution in [3.05, 3.63) is 53.7 Å². The van der Waals surface area contributed by atoms with Crippen LogP contribution in [0.5, 0.6) is 0 Å². The Morgan fingerprint density at radius 1 is 1.12 bits per heavy atom. The van der Waals surface area contributed by atoms with E-state index >= 15 is 0 Å². The summed E-state index contributed by atoms with van der Waals surface area (Å²) in [5.74, 6) is 0.900. The molecule has 1 aromatic heterocycles. The van der Waals surface area contributed by atoms with Gasteiger partial charge in [-0.15, -0.1) is 0 Å². The minimum Gasteiger partial charge on any atom is -0.354 e. The summed E-state index contributed by atoms with van der Waals surface area (Å²) in [7, 11) is 0. The van der Waals surface area contributed by atoms with E-state index in [1.165, 1.54) is 24.5 Å². The number of nitrogens with one attached hydrogen (secondary N) is 2. The summed E-state index contributed by atoms with van der Waals surface area (Å²) in [5, 5.41) is 6.06. The Balaban J connectivity index is 1.59. The number of hydrogen-bond acceptors (Lipinski definition) is 4. The first-order valence-corrected chi connectivity index (χ1v) is 8.70. The molecule has 0 atom stereocenters. The van der Waals surface area contributed by atoms with Crippen molar-refractivity contribution in [2.24, 2.45) is 0 Å². The third kappa shape index (κ3) is 5.21. The molecular weight excluding hydrogens is 341 g/mol. The zero-order valence-electron chi connectivity index (χ0n) is 14.3. The largest absolute Gasteiger partial charge is 0.416 e. The normalized spacial score (nSPS) is 14.7. The van der Waals surface area contributed by atoms with E-state index in [2.05, 4.69) is 26.7 Å². The molecule has 0 bridgehead atoms. The third-order valence-electron chi connectivity index (χ3n) is 4.23. The van der Waals surface area contributed by atoms with Crippen LogP contribution in [-0.4, -0.2) is 16.5 Å². The Labute approximate surface area is 150 Å². The van der Waals surface area contributed by atoms with Crippen molar-refractivity contribution in [3.63, 3.8) is 0 Å². The SMILES string of the molecule is FC(F)(F)c1cccc(Nc2ccnc(NCCC3=CCCCC3)n2)c1. The van der Waals surface area contributed by atoms with E-state index in [9.17, 15) is 13.2 Å². The van der Waals surface area contributed by atoms with Crippen LogP contribution in [0.2, 0.25) is 0 Å². The standard InChI is InChI=1S/C19H21F3N4/c20-19(21,22)15-7-4-8-16(13-15)25-17-10-12-24-18(26-17)23-11-9-14-5-2-1-3-6-14/h4-5,7-8,10,12-13H,1-3,6,9,11H2,(H2,23,24,25,26). The molecule has 0 radical (unpaired) electrons. The van der Waals surface area contributed by atoms with Gasteiger partial charge in [0.05, 0.1) is 5.56 Å². The van der Waals surface area contributed by atoms with Gasteiger partial charge in [0.15, 0.2) is 0 Å². The maximum Gasteiger partial charge on any atom is 0.416 e. The fourth-order valence-corrected chi connectivity index (χ4v) is 2.90. The molecular formula is C19H21F3N4. The van der Waals surface area contributed by atoms with E-state index in [-0.39, 0.29) is 0 Å². The molecule has 1 aliphatic carbocycles. The summed E-state index contributed by atoms with van der Waals surface area (Å²) in [6.45, 7) is 0.735. The molecule has 0 fully saturated rings. The lowest BCUT2D eigenvalue weighted by atomic mass is 9.97. The first-order valence-electron chi connectivity index (χ1n) is 8.70. The molecule has 26 heavy (non-hydrogen) atoms. The Morgan fingerprint density at radius 3 is 2.77 bits per heavy atom. The summed E-state index contributed by atoms with van der Waals surface area (Å²) < 4.78 is 38.4. The lowest BCUT2D eigenvalue weighted by molar-refractivity contribution is -0.137. The predicted molar refractivity (Wildman–Crippen MR) is 96.4 cm³/mol. The van der Waals surface area contributed by atoms with Gasteiger partial charge in [0.1, 0.15) is 5.82 Å². The molecule has 0 saturated carbocycles. The van der Waals surface area contributed by atoms with Gasteiger partial charge < -0.3 is 10.6 Å². The van der Waals surface area contributed by atoms with E-state index < -0.39 is 11.7 Å². The highest BCUT2D eigenvalue weighted by Gasteiger charge is 2.30. The second-order valence-corrected chi connectivity index (χ2v) is 6.25. The number of allylic oxidation sites excluding steroid dienone is 1. The summed E-state index contributed by atoms with van der Waals surface area (Å²) in [6.07, 6.45) is 5.28. The highest BCUT2D eigenvalue weighted by molar-refractivity contribution is 5.58. The molecule has 0 amide bonds. The van der Waals surface area contributed by atoms with Gasteiger partial charge in [0, 0.05) is 18.4 Å². The molecule has 0 aliphatic heterocycles. The van der Waals surface area contributed by atoms with Crippen molar-refractivity contribution in [2.45, 2.75) is 38.3 Å². The molecule has 3 rings (SSSR count). The van der Waals surface area contributed by atoms with E-state index in [0.717, 1.165) is 37.9 Å². The Kier molecular flexibility index (Phi) is 5.75. The lowest BCUT2D eigenvalue weighted by Crippen LogP contribution is -2.08. The second kappa shape index (κ2) is 8.21. The predicted octanol–water partition coefficient (Wildman–Crippen LogP) is 5.54. The van der Waals surface area contributed by atoms with Crippen molar-refractivity contribution in [1.82, 2.24) is 9.97 Å². The van der Waals surface area contributed by atoms with Gasteiger partial charge in [-0.2, -0.15) is 18.2 Å². The number of nitrogens with zero attached hydrogens (tertiary/aromatic N) is 2. The van der Waals surface area contributed by atoms with Crippen LogP contribution in [0.4, 0.5) is 30.6 Å². The van der Waals surface area contributed by atoms with Crippen molar-refractivity contribution in [2.75, 3.05) is 17.2 Å². The van der Waals surface area contributed by atoms with Crippen molar-refractivity contribution < 1.29 is 13.2 Å². The van der Waals surface area contributed by atoms with E-state index in [1.54, 1.807) is 18.3 Å². The smallest absolute Gasteiger partial charge is 0.354 e. The minimum absolute atomic E-state index is 0.330. The molecule has 7 heteroatoms. The molecule has 1 aliphatic rings. The van der Waals surface area contributed by atoms with Crippen LogP contribution in [0.25, 0.3) is 0 Å². The first-order chi connectivity index (χ1) is 12.5. The molecule has 2 aromatic rings. The van der Waals surface area contributed by atoms with Gasteiger partial charge in [0.25, 0.3) is 0 Å². The van der Waals surface area contributed by atoms with Crippen molar-refractivity contribution in [3.8, 4) is 0 Å². The molecule has 0 saturated heterocycles. The number of rotatable bonds is 6. The average molecular weight is 362 g/mol. The number of alkyl halides is 3. The van der Waals surface area contributed by atoms with Crippen LogP contribution in [0, 0.1) is 0 Å². The van der Waals surface area contributed by atoms with E-state index in [0.29, 0.717) is 17.5 Å². The molecule has 4 nitrogen and oxygen atoms in total. The molecule has 0 spiro atoms. The highest BCUT2D eigenvalue weighted by atomic mass is 19.4. The zero-order valence-corrected chi connectivity index (χ0v) is 14.3. The van der Waals surface area contributed by atoms with Gasteiger partial charge in [-0.25, -0.2) is 4.98 Å². The van der Waals surface area contributed by atoms with Crippen LogP contribution in [0.1, 0.15) is 37.7 Å². The van der Waals surface area contributed by atoms with E-state index in [1.807, 2.05) is 0 Å². The van der Waals surface area contributed by atoms with Gasteiger partial charge in [0.2, 0.25) is 5.95 Å². The Hall–Kier alpha value is -2.57. The van der Waals surface area contributed by atoms with Crippen LogP contribution >= 0.6 is 0 Å². The van der Waals surface area contributed by atoms with Gasteiger partial charge >= 0.3 is 6.18 Å². The number of benzene rings is 1. The van der Waals surface area contributed by atoms with Crippen LogP contribution in [-0.2, 0) is 6.18 Å². The lowest BCUT2D eigenvalue weighted by Gasteiger charge is -2.13. The second-order valence-electron chi connectivity index (χ2n) is 6.25. The fraction of sp³-hybridized carbons (Fsp3) is 0.368. The first kappa shape index (κ1) is 18.2. The van der Waals surface area contributed by atoms with Crippen molar-refractivity contribution >= 4 is 17.5 Å². The van der Waals surface area contributed by atoms with Gasteiger partial charge in [-0.3, -0.25) is 0 Å². The number of hydrogen-bond donors (Lipinski definition) is 2. The minimum atomic E-state index is -4.37. The Bertz CT molecular complexity index is 771. The zero-order chi connectivity index (χ0) is 18.4. The molecule has 1 heterocycles. The van der Waals surface area contributed by atoms with Gasteiger partial charge in [-0.1, -0.05) is 17.7 Å². The fourth-order valence-electron chi connectivity index (χ4n) is 2.90. The van der Waals surface area contributed by atoms with Crippen LogP contribution < -0.4 is 10.6 Å². The number of halogens is 3. The molecule has 2 N–H and O–H groups in total.